The molecule has 1 saturated heterocycles. The number of anilines is 1. The van der Waals surface area contributed by atoms with Gasteiger partial charge in [0.15, 0.2) is 0 Å². The first-order valence-electron chi connectivity index (χ1n) is 9.09. The van der Waals surface area contributed by atoms with Crippen molar-refractivity contribution in [3.05, 3.63) is 78.6 Å². The zero-order valence-electron chi connectivity index (χ0n) is 14.9. The zero-order valence-corrected chi connectivity index (χ0v) is 14.9. The molecule has 5 nitrogen and oxygen atoms in total. The van der Waals surface area contributed by atoms with Gasteiger partial charge in [0.25, 0.3) is 5.91 Å². The lowest BCUT2D eigenvalue weighted by molar-refractivity contribution is 0.0715. The quantitative estimate of drug-likeness (QED) is 0.767. The summed E-state index contributed by atoms with van der Waals surface area (Å²) >= 11 is 0. The summed E-state index contributed by atoms with van der Waals surface area (Å²) in [4.78, 5) is 18.8. The summed E-state index contributed by atoms with van der Waals surface area (Å²) in [6, 6.07) is 14.1. The van der Waals surface area contributed by atoms with Gasteiger partial charge in [0.2, 0.25) is 0 Å². The zero-order chi connectivity index (χ0) is 18.6. The fourth-order valence-electron chi connectivity index (χ4n) is 3.46. The predicted octanol–water partition coefficient (Wildman–Crippen LogP) is 3.73. The molecule has 1 fully saturated rings. The monoisotopic (exact) mass is 364 g/mol. The maximum absolute atomic E-state index is 13.4. The van der Waals surface area contributed by atoms with Crippen LogP contribution in [0.15, 0.2) is 67.3 Å². The molecule has 138 valence electrons. The number of nitrogens with one attached hydrogen (secondary N) is 1. The molecule has 1 amide bonds. The third-order valence-corrected chi connectivity index (χ3v) is 4.82. The van der Waals surface area contributed by atoms with Crippen LogP contribution in [-0.4, -0.2) is 39.5 Å². The molecule has 2 aromatic carbocycles. The molecule has 0 aliphatic carbocycles. The van der Waals surface area contributed by atoms with Crippen LogP contribution >= 0.6 is 0 Å². The molecule has 27 heavy (non-hydrogen) atoms. The summed E-state index contributed by atoms with van der Waals surface area (Å²) in [5, 5.41) is 3.34. The average molecular weight is 364 g/mol. The van der Waals surface area contributed by atoms with Gasteiger partial charge >= 0.3 is 0 Å². The third kappa shape index (κ3) is 4.00. The summed E-state index contributed by atoms with van der Waals surface area (Å²) in [5.41, 5.74) is 2.39. The maximum atomic E-state index is 13.4. The van der Waals surface area contributed by atoms with Crippen LogP contribution in [0.3, 0.4) is 0 Å². The van der Waals surface area contributed by atoms with Gasteiger partial charge in [0, 0.05) is 48.5 Å². The number of piperidine rings is 1. The topological polar surface area (TPSA) is 50.2 Å². The molecule has 0 radical (unpaired) electrons. The standard InChI is InChI=1S/C21H21FN4O/c22-17-3-1-4-18(13-17)24-19-5-2-11-25(14-19)21(27)16-6-8-20(9-7-16)26-12-10-23-15-26/h1,3-4,6-10,12-13,15,19,24H,2,5,11,14H2/t19-/m0/s1. The first kappa shape index (κ1) is 17.3. The second-order valence-electron chi connectivity index (χ2n) is 6.76. The Hall–Kier alpha value is -3.15. The van der Waals surface area contributed by atoms with E-state index in [1.165, 1.54) is 12.1 Å². The number of likely N-dealkylation sites (tertiary alicyclic amines) is 1. The minimum atomic E-state index is -0.262. The smallest absolute Gasteiger partial charge is 0.253 e. The summed E-state index contributed by atoms with van der Waals surface area (Å²) in [5.74, 6) is -0.236. The number of hydrogen-bond donors (Lipinski definition) is 1. The summed E-state index contributed by atoms with van der Waals surface area (Å²) in [7, 11) is 0. The van der Waals surface area contributed by atoms with Gasteiger partial charge in [-0.15, -0.1) is 0 Å². The number of rotatable bonds is 4. The Morgan fingerprint density at radius 3 is 2.78 bits per heavy atom. The van der Waals surface area contributed by atoms with E-state index in [0.29, 0.717) is 12.1 Å². The average Bonchev–Trinajstić information content (AvgIpc) is 3.23. The highest BCUT2D eigenvalue weighted by Gasteiger charge is 2.24. The van der Waals surface area contributed by atoms with Crippen LogP contribution in [0.5, 0.6) is 0 Å². The lowest BCUT2D eigenvalue weighted by Crippen LogP contribution is -2.45. The fourth-order valence-corrected chi connectivity index (χ4v) is 3.46. The van der Waals surface area contributed by atoms with Crippen molar-refractivity contribution < 1.29 is 9.18 Å². The summed E-state index contributed by atoms with van der Waals surface area (Å²) < 4.78 is 15.3. The fraction of sp³-hybridized carbons (Fsp3) is 0.238. The molecule has 0 spiro atoms. The van der Waals surface area contributed by atoms with Gasteiger partial charge < -0.3 is 14.8 Å². The van der Waals surface area contributed by atoms with Gasteiger partial charge in [-0.25, -0.2) is 9.37 Å². The van der Waals surface area contributed by atoms with Crippen LogP contribution < -0.4 is 5.32 Å². The van der Waals surface area contributed by atoms with Crippen LogP contribution in [0.1, 0.15) is 23.2 Å². The second kappa shape index (κ2) is 7.61. The van der Waals surface area contributed by atoms with E-state index in [2.05, 4.69) is 10.3 Å². The minimum Gasteiger partial charge on any atom is -0.380 e. The molecule has 6 heteroatoms. The molecule has 0 saturated carbocycles. The number of halogens is 1. The van der Waals surface area contributed by atoms with Crippen molar-refractivity contribution in [3.63, 3.8) is 0 Å². The highest BCUT2D eigenvalue weighted by atomic mass is 19.1. The molecule has 1 aromatic heterocycles. The second-order valence-corrected chi connectivity index (χ2v) is 6.76. The Kier molecular flexibility index (Phi) is 4.87. The third-order valence-electron chi connectivity index (χ3n) is 4.82. The van der Waals surface area contributed by atoms with Crippen LogP contribution in [0.4, 0.5) is 10.1 Å². The molecule has 1 atom stereocenters. The van der Waals surface area contributed by atoms with Gasteiger partial charge in [0.05, 0.1) is 6.33 Å². The lowest BCUT2D eigenvalue weighted by Gasteiger charge is -2.33. The van der Waals surface area contributed by atoms with Crippen molar-refractivity contribution in [2.24, 2.45) is 0 Å². The Labute approximate surface area is 157 Å². The molecular weight excluding hydrogens is 343 g/mol. The van der Waals surface area contributed by atoms with E-state index in [1.807, 2.05) is 46.0 Å². The Balaban J connectivity index is 1.42. The van der Waals surface area contributed by atoms with E-state index in [9.17, 15) is 9.18 Å². The molecule has 4 rings (SSSR count). The number of aromatic nitrogens is 2. The predicted molar refractivity (Wildman–Crippen MR) is 103 cm³/mol. The number of carbonyl (C=O) groups excluding carboxylic acids is 1. The SMILES string of the molecule is O=C(c1ccc(-n2ccnc2)cc1)N1CCC[C@H](Nc2cccc(F)c2)C1. The molecular formula is C21H21FN4O. The van der Waals surface area contributed by atoms with E-state index < -0.39 is 0 Å². The van der Waals surface area contributed by atoms with E-state index in [1.54, 1.807) is 18.6 Å². The van der Waals surface area contributed by atoms with Crippen molar-refractivity contribution in [1.29, 1.82) is 0 Å². The van der Waals surface area contributed by atoms with Crippen LogP contribution in [0, 0.1) is 5.82 Å². The minimum absolute atomic E-state index is 0.0259. The van der Waals surface area contributed by atoms with Crippen molar-refractivity contribution in [2.75, 3.05) is 18.4 Å². The van der Waals surface area contributed by atoms with E-state index in [4.69, 9.17) is 0 Å². The highest BCUT2D eigenvalue weighted by molar-refractivity contribution is 5.94. The molecule has 0 bridgehead atoms. The van der Waals surface area contributed by atoms with Crippen molar-refractivity contribution in [2.45, 2.75) is 18.9 Å². The van der Waals surface area contributed by atoms with Crippen molar-refractivity contribution in [3.8, 4) is 5.69 Å². The Morgan fingerprint density at radius 1 is 1.19 bits per heavy atom. The molecule has 3 aromatic rings. The van der Waals surface area contributed by atoms with Gasteiger partial charge in [-0.05, 0) is 55.3 Å². The van der Waals surface area contributed by atoms with E-state index in [0.717, 1.165) is 30.8 Å². The number of benzene rings is 2. The van der Waals surface area contributed by atoms with E-state index in [-0.39, 0.29) is 17.8 Å². The molecule has 0 unspecified atom stereocenters. The van der Waals surface area contributed by atoms with Gasteiger partial charge in [-0.3, -0.25) is 4.79 Å². The molecule has 1 N–H and O–H groups in total. The number of carbonyl (C=O) groups is 1. The Morgan fingerprint density at radius 2 is 2.04 bits per heavy atom. The van der Waals surface area contributed by atoms with E-state index >= 15 is 0 Å². The Bertz CT molecular complexity index is 908. The molecule has 1 aliphatic rings. The van der Waals surface area contributed by atoms with Crippen LogP contribution in [0.25, 0.3) is 5.69 Å². The summed E-state index contributed by atoms with van der Waals surface area (Å²) in [6.07, 6.45) is 7.19. The van der Waals surface area contributed by atoms with Gasteiger partial charge in [0.1, 0.15) is 5.82 Å². The van der Waals surface area contributed by atoms with Crippen molar-refractivity contribution in [1.82, 2.24) is 14.5 Å². The van der Waals surface area contributed by atoms with Crippen LogP contribution in [0.2, 0.25) is 0 Å². The first-order valence-corrected chi connectivity index (χ1v) is 9.09. The number of imidazole rings is 1. The summed E-state index contributed by atoms with van der Waals surface area (Å²) in [6.45, 7) is 1.35. The maximum Gasteiger partial charge on any atom is 0.253 e. The van der Waals surface area contributed by atoms with Gasteiger partial charge in [-0.2, -0.15) is 0 Å². The number of amides is 1. The van der Waals surface area contributed by atoms with Crippen LogP contribution in [-0.2, 0) is 0 Å². The molecule has 2 heterocycles. The number of nitrogens with zero attached hydrogens (tertiary/aromatic N) is 3. The largest absolute Gasteiger partial charge is 0.380 e. The highest BCUT2D eigenvalue weighted by Crippen LogP contribution is 2.19. The molecule has 1 aliphatic heterocycles. The lowest BCUT2D eigenvalue weighted by atomic mass is 10.0. The number of hydrogen-bond acceptors (Lipinski definition) is 3. The first-order chi connectivity index (χ1) is 13.2. The normalized spacial score (nSPS) is 16.9. The van der Waals surface area contributed by atoms with Crippen molar-refractivity contribution >= 4 is 11.6 Å². The van der Waals surface area contributed by atoms with Gasteiger partial charge in [-0.1, -0.05) is 6.07 Å².